The zero-order valence-electron chi connectivity index (χ0n) is 13.6. The number of nitrogens with zero attached hydrogens (tertiary/aromatic N) is 3. The molecular weight excluding hydrogens is 300 g/mol. The lowest BCUT2D eigenvalue weighted by Crippen LogP contribution is -2.17. The molecule has 1 amide bonds. The van der Waals surface area contributed by atoms with Crippen molar-refractivity contribution < 1.29 is 4.79 Å². The van der Waals surface area contributed by atoms with Crippen molar-refractivity contribution in [2.75, 3.05) is 0 Å². The number of hydrogen-bond acceptors (Lipinski definition) is 3. The number of benzene rings is 1. The van der Waals surface area contributed by atoms with Gasteiger partial charge in [0.25, 0.3) is 5.91 Å². The van der Waals surface area contributed by atoms with Crippen molar-refractivity contribution in [1.82, 2.24) is 15.0 Å². The molecule has 0 unspecified atom stereocenters. The van der Waals surface area contributed by atoms with Gasteiger partial charge < -0.3 is 4.57 Å². The molecule has 0 aliphatic rings. The van der Waals surface area contributed by atoms with Gasteiger partial charge in [0, 0.05) is 35.5 Å². The van der Waals surface area contributed by atoms with Crippen LogP contribution in [0.15, 0.2) is 66.2 Å². The third kappa shape index (κ3) is 3.25. The predicted octanol–water partition coefficient (Wildman–Crippen LogP) is 3.25. The number of aromatic nitrogens is 2. The van der Waals surface area contributed by atoms with Crippen LogP contribution in [0.5, 0.6) is 0 Å². The van der Waals surface area contributed by atoms with E-state index in [0.29, 0.717) is 5.56 Å². The first kappa shape index (κ1) is 15.7. The van der Waals surface area contributed by atoms with Crippen LogP contribution >= 0.6 is 0 Å². The maximum Gasteiger partial charge on any atom is 0.272 e. The fourth-order valence-electron chi connectivity index (χ4n) is 2.54. The molecule has 3 aromatic rings. The number of carbonyl (C=O) groups is 1. The molecule has 2 aromatic heterocycles. The second kappa shape index (κ2) is 6.91. The summed E-state index contributed by atoms with van der Waals surface area (Å²) in [5.41, 5.74) is 7.26. The van der Waals surface area contributed by atoms with E-state index in [0.717, 1.165) is 22.5 Å². The number of nitrogens with one attached hydrogen (secondary N) is 1. The van der Waals surface area contributed by atoms with Crippen LogP contribution in [0.25, 0.3) is 5.69 Å². The van der Waals surface area contributed by atoms with Gasteiger partial charge in [-0.25, -0.2) is 5.43 Å². The standard InChI is InChI=1S/C19H18N4O/c1-14-13-23(17-8-4-3-5-9-17)15(2)18(14)12-21-22-19(24)16-7-6-10-20-11-16/h3-13H,1-2H3,(H,22,24)/b21-12+. The monoisotopic (exact) mass is 318 g/mol. The molecule has 5 nitrogen and oxygen atoms in total. The second-order valence-corrected chi connectivity index (χ2v) is 5.46. The van der Waals surface area contributed by atoms with Crippen LogP contribution in [0, 0.1) is 13.8 Å². The van der Waals surface area contributed by atoms with Gasteiger partial charge in [-0.05, 0) is 43.7 Å². The number of hydrazone groups is 1. The van der Waals surface area contributed by atoms with Gasteiger partial charge in [0.1, 0.15) is 0 Å². The number of aryl methyl sites for hydroxylation is 1. The largest absolute Gasteiger partial charge is 0.320 e. The van der Waals surface area contributed by atoms with Crippen molar-refractivity contribution >= 4 is 12.1 Å². The molecule has 0 radical (unpaired) electrons. The maximum absolute atomic E-state index is 12.0. The Morgan fingerprint density at radius 1 is 1.17 bits per heavy atom. The highest BCUT2D eigenvalue weighted by atomic mass is 16.2. The summed E-state index contributed by atoms with van der Waals surface area (Å²) in [4.78, 5) is 15.9. The number of amides is 1. The van der Waals surface area contributed by atoms with Gasteiger partial charge in [-0.15, -0.1) is 0 Å². The van der Waals surface area contributed by atoms with Crippen molar-refractivity contribution in [3.8, 4) is 5.69 Å². The highest BCUT2D eigenvalue weighted by Gasteiger charge is 2.09. The lowest BCUT2D eigenvalue weighted by atomic mass is 10.2. The minimum absolute atomic E-state index is 0.280. The number of hydrogen-bond donors (Lipinski definition) is 1. The van der Waals surface area contributed by atoms with Crippen LogP contribution < -0.4 is 5.43 Å². The minimum atomic E-state index is -0.280. The van der Waals surface area contributed by atoms with E-state index in [1.54, 1.807) is 24.5 Å². The molecule has 0 saturated heterocycles. The highest BCUT2D eigenvalue weighted by molar-refractivity contribution is 5.94. The Hall–Kier alpha value is -3.21. The summed E-state index contributed by atoms with van der Waals surface area (Å²) in [5.74, 6) is -0.280. The van der Waals surface area contributed by atoms with E-state index < -0.39 is 0 Å². The molecule has 2 heterocycles. The van der Waals surface area contributed by atoms with E-state index in [2.05, 4.69) is 38.4 Å². The summed E-state index contributed by atoms with van der Waals surface area (Å²) in [5, 5.41) is 4.08. The van der Waals surface area contributed by atoms with E-state index in [4.69, 9.17) is 0 Å². The van der Waals surface area contributed by atoms with Gasteiger partial charge in [-0.1, -0.05) is 18.2 Å². The Morgan fingerprint density at radius 2 is 1.96 bits per heavy atom. The quantitative estimate of drug-likeness (QED) is 0.593. The Labute approximate surface area is 140 Å². The van der Waals surface area contributed by atoms with Crippen LogP contribution in [0.4, 0.5) is 0 Å². The van der Waals surface area contributed by atoms with Crippen LogP contribution in [0.2, 0.25) is 0 Å². The van der Waals surface area contributed by atoms with Gasteiger partial charge in [-0.2, -0.15) is 5.10 Å². The highest BCUT2D eigenvalue weighted by Crippen LogP contribution is 2.19. The topological polar surface area (TPSA) is 59.3 Å². The van der Waals surface area contributed by atoms with Gasteiger partial charge in [0.05, 0.1) is 11.8 Å². The van der Waals surface area contributed by atoms with Gasteiger partial charge >= 0.3 is 0 Å². The Morgan fingerprint density at radius 3 is 2.67 bits per heavy atom. The smallest absolute Gasteiger partial charge is 0.272 e. The number of carbonyl (C=O) groups excluding carboxylic acids is 1. The number of pyridine rings is 1. The fraction of sp³-hybridized carbons (Fsp3) is 0.105. The average molecular weight is 318 g/mol. The third-order valence-electron chi connectivity index (χ3n) is 3.82. The van der Waals surface area contributed by atoms with E-state index in [-0.39, 0.29) is 5.91 Å². The van der Waals surface area contributed by atoms with E-state index in [1.165, 1.54) is 6.20 Å². The Bertz CT molecular complexity index is 867. The molecule has 0 saturated carbocycles. The molecule has 1 aromatic carbocycles. The van der Waals surface area contributed by atoms with Gasteiger partial charge in [0.2, 0.25) is 0 Å². The summed E-state index contributed by atoms with van der Waals surface area (Å²) in [7, 11) is 0. The van der Waals surface area contributed by atoms with Crippen molar-refractivity contribution in [2.24, 2.45) is 5.10 Å². The summed E-state index contributed by atoms with van der Waals surface area (Å²) in [6.45, 7) is 4.06. The third-order valence-corrected chi connectivity index (χ3v) is 3.82. The Kier molecular flexibility index (Phi) is 4.52. The van der Waals surface area contributed by atoms with Gasteiger partial charge in [-0.3, -0.25) is 9.78 Å². The van der Waals surface area contributed by atoms with E-state index >= 15 is 0 Å². The lowest BCUT2D eigenvalue weighted by Gasteiger charge is -2.05. The average Bonchev–Trinajstić information content (AvgIpc) is 2.91. The predicted molar refractivity (Wildman–Crippen MR) is 94.5 cm³/mol. The van der Waals surface area contributed by atoms with Crippen molar-refractivity contribution in [1.29, 1.82) is 0 Å². The summed E-state index contributed by atoms with van der Waals surface area (Å²) in [6.07, 6.45) is 6.87. The van der Waals surface area contributed by atoms with Crippen LogP contribution in [-0.4, -0.2) is 21.7 Å². The van der Waals surface area contributed by atoms with Gasteiger partial charge in [0.15, 0.2) is 0 Å². The molecule has 0 aliphatic carbocycles. The van der Waals surface area contributed by atoms with Crippen LogP contribution in [0.1, 0.15) is 27.2 Å². The zero-order valence-corrected chi connectivity index (χ0v) is 13.6. The first-order valence-corrected chi connectivity index (χ1v) is 7.64. The number of rotatable bonds is 4. The van der Waals surface area contributed by atoms with Crippen molar-refractivity contribution in [3.63, 3.8) is 0 Å². The second-order valence-electron chi connectivity index (χ2n) is 5.46. The maximum atomic E-state index is 12.0. The van der Waals surface area contributed by atoms with Crippen molar-refractivity contribution in [3.05, 3.63) is 83.4 Å². The SMILES string of the molecule is Cc1cn(-c2ccccc2)c(C)c1/C=N/NC(=O)c1cccnc1. The molecule has 120 valence electrons. The first-order chi connectivity index (χ1) is 11.7. The van der Waals surface area contributed by atoms with Crippen LogP contribution in [0.3, 0.4) is 0 Å². The fourth-order valence-corrected chi connectivity index (χ4v) is 2.54. The summed E-state index contributed by atoms with van der Waals surface area (Å²) >= 11 is 0. The molecular formula is C19H18N4O. The summed E-state index contributed by atoms with van der Waals surface area (Å²) in [6, 6.07) is 13.5. The Balaban J connectivity index is 1.78. The molecule has 0 atom stereocenters. The normalized spacial score (nSPS) is 10.9. The van der Waals surface area contributed by atoms with Crippen LogP contribution in [-0.2, 0) is 0 Å². The molecule has 0 fully saturated rings. The summed E-state index contributed by atoms with van der Waals surface area (Å²) < 4.78 is 2.11. The molecule has 24 heavy (non-hydrogen) atoms. The number of para-hydroxylation sites is 1. The van der Waals surface area contributed by atoms with E-state index in [1.807, 2.05) is 32.0 Å². The van der Waals surface area contributed by atoms with E-state index in [9.17, 15) is 4.79 Å². The molecule has 0 bridgehead atoms. The zero-order chi connectivity index (χ0) is 16.9. The van der Waals surface area contributed by atoms with Crippen molar-refractivity contribution in [2.45, 2.75) is 13.8 Å². The molecule has 0 spiro atoms. The lowest BCUT2D eigenvalue weighted by molar-refractivity contribution is 0.0955. The first-order valence-electron chi connectivity index (χ1n) is 7.64. The molecule has 0 aliphatic heterocycles. The molecule has 5 heteroatoms. The molecule has 1 N–H and O–H groups in total. The minimum Gasteiger partial charge on any atom is -0.320 e. The molecule has 3 rings (SSSR count).